The number of likely N-dealkylation sites (tertiary alicyclic amines) is 2. The van der Waals surface area contributed by atoms with E-state index < -0.39 is 59.6 Å². The molecule has 2 N–H and O–H groups in total. The molecule has 3 atom stereocenters. The molecule has 0 amide bonds. The zero-order chi connectivity index (χ0) is 32.0. The van der Waals surface area contributed by atoms with Crippen molar-refractivity contribution in [1.82, 2.24) is 20.1 Å². The second-order valence-electron chi connectivity index (χ2n) is 12.0. The highest BCUT2D eigenvalue weighted by Crippen LogP contribution is 2.43. The molecular weight excluding hydrogens is 602 g/mol. The number of nitrogens with one attached hydrogen (secondary N) is 1. The third-order valence-corrected chi connectivity index (χ3v) is 9.46. The molecule has 14 heteroatoms. The van der Waals surface area contributed by atoms with Crippen molar-refractivity contribution < 1.29 is 37.0 Å². The van der Waals surface area contributed by atoms with Gasteiger partial charge >= 0.3 is 11.9 Å². The number of hydrogen-bond acceptors (Lipinski definition) is 9. The van der Waals surface area contributed by atoms with E-state index in [0.29, 0.717) is 18.0 Å². The highest BCUT2D eigenvalue weighted by atomic mass is 32.1. The molecule has 2 saturated heterocycles. The number of esters is 1. The standard InChI is InChI=1S/C30H35F4N5O4S/c1-5-43-27(40)21-19(14-39-15-30(33,34)24-20(39)8-11-38(24)12-9-29(3,4)28(41)42)36-25(26-35-10-13-44-26)37-23(21)17-6-7-18(31)22(32)16(17)2/h6-7,10,13,20,23-24H,5,8-9,11-12,14-15H2,1-4H3,(H,36,37)(H,41,42)/t20-,23?,24+/m0/s1. The highest BCUT2D eigenvalue weighted by molar-refractivity contribution is 7.11. The SMILES string of the molecule is CCOC(=O)C1=C(CN2CC(F)(F)[C@H]3[C@@H]2CCN3CCC(C)(C)C(=O)O)NC(c2nccs2)=NC1c1ccc(F)c(F)c1C. The average molecular weight is 638 g/mol. The molecule has 0 aliphatic carbocycles. The predicted molar refractivity (Wildman–Crippen MR) is 156 cm³/mol. The third-order valence-electron chi connectivity index (χ3n) is 8.68. The van der Waals surface area contributed by atoms with Crippen LogP contribution < -0.4 is 5.32 Å². The van der Waals surface area contributed by atoms with Gasteiger partial charge in [0.25, 0.3) is 5.92 Å². The normalized spacial score (nSPS) is 23.8. The summed E-state index contributed by atoms with van der Waals surface area (Å²) in [7, 11) is 0. The Balaban J connectivity index is 1.52. The van der Waals surface area contributed by atoms with Crippen molar-refractivity contribution in [3.8, 4) is 0 Å². The van der Waals surface area contributed by atoms with E-state index in [1.807, 2.05) is 0 Å². The second-order valence-corrected chi connectivity index (χ2v) is 12.9. The van der Waals surface area contributed by atoms with Crippen molar-refractivity contribution >= 4 is 29.1 Å². The first-order valence-electron chi connectivity index (χ1n) is 14.4. The van der Waals surface area contributed by atoms with Gasteiger partial charge in [0.15, 0.2) is 22.5 Å². The lowest BCUT2D eigenvalue weighted by Gasteiger charge is -2.31. The van der Waals surface area contributed by atoms with Gasteiger partial charge in [-0.1, -0.05) is 6.07 Å². The number of rotatable bonds is 10. The van der Waals surface area contributed by atoms with Crippen LogP contribution in [-0.4, -0.2) is 88.5 Å². The van der Waals surface area contributed by atoms with E-state index in [9.17, 15) is 23.5 Å². The van der Waals surface area contributed by atoms with E-state index in [1.165, 1.54) is 24.3 Å². The Morgan fingerprint density at radius 1 is 1.25 bits per heavy atom. The number of aliphatic carboxylic acids is 1. The molecule has 1 aromatic carbocycles. The fourth-order valence-corrected chi connectivity index (χ4v) is 6.80. The number of carbonyl (C=O) groups is 2. The second kappa shape index (κ2) is 12.2. The van der Waals surface area contributed by atoms with E-state index in [2.05, 4.69) is 15.3 Å². The van der Waals surface area contributed by atoms with Crippen LogP contribution in [0.3, 0.4) is 0 Å². The van der Waals surface area contributed by atoms with Gasteiger partial charge in [0.05, 0.1) is 30.2 Å². The summed E-state index contributed by atoms with van der Waals surface area (Å²) in [5, 5.41) is 14.8. The van der Waals surface area contributed by atoms with Crippen molar-refractivity contribution in [2.24, 2.45) is 10.4 Å². The number of halogens is 4. The molecule has 5 rings (SSSR count). The largest absolute Gasteiger partial charge is 0.481 e. The van der Waals surface area contributed by atoms with Crippen LogP contribution in [0.5, 0.6) is 0 Å². The molecule has 4 heterocycles. The van der Waals surface area contributed by atoms with Gasteiger partial charge in [0, 0.05) is 36.4 Å². The quantitative estimate of drug-likeness (QED) is 0.289. The molecule has 9 nitrogen and oxygen atoms in total. The molecule has 3 aliphatic rings. The lowest BCUT2D eigenvalue weighted by Crippen LogP contribution is -2.46. The maximum absolute atomic E-state index is 15.6. The summed E-state index contributed by atoms with van der Waals surface area (Å²) < 4.78 is 65.5. The molecule has 0 saturated carbocycles. The smallest absolute Gasteiger partial charge is 0.338 e. The van der Waals surface area contributed by atoms with Crippen molar-refractivity contribution in [1.29, 1.82) is 0 Å². The Kier molecular flexibility index (Phi) is 8.89. The lowest BCUT2D eigenvalue weighted by atomic mass is 9.89. The van der Waals surface area contributed by atoms with Gasteiger partial charge in [-0.2, -0.15) is 0 Å². The number of ether oxygens (including phenoxy) is 1. The first-order chi connectivity index (χ1) is 20.7. The number of alkyl halides is 2. The Morgan fingerprint density at radius 2 is 2.00 bits per heavy atom. The Bertz CT molecular complexity index is 1500. The summed E-state index contributed by atoms with van der Waals surface area (Å²) >= 11 is 1.27. The van der Waals surface area contributed by atoms with Gasteiger partial charge in [0.2, 0.25) is 0 Å². The van der Waals surface area contributed by atoms with Crippen LogP contribution in [-0.2, 0) is 14.3 Å². The first-order valence-corrected chi connectivity index (χ1v) is 15.3. The number of aromatic nitrogens is 1. The zero-order valence-corrected chi connectivity index (χ0v) is 25.7. The maximum atomic E-state index is 15.6. The molecular formula is C30H35F4N5O4S. The van der Waals surface area contributed by atoms with Crippen LogP contribution in [0.2, 0.25) is 0 Å². The van der Waals surface area contributed by atoms with Gasteiger partial charge in [-0.05, 0) is 64.3 Å². The van der Waals surface area contributed by atoms with E-state index in [4.69, 9.17) is 4.74 Å². The Labute approximate surface area is 256 Å². The van der Waals surface area contributed by atoms with Gasteiger partial charge in [0.1, 0.15) is 6.04 Å². The van der Waals surface area contributed by atoms with Crippen LogP contribution in [0.4, 0.5) is 17.6 Å². The number of fused-ring (bicyclic) bond motifs is 1. The Hall–Kier alpha value is -3.36. The van der Waals surface area contributed by atoms with Crippen LogP contribution in [0.1, 0.15) is 55.8 Å². The van der Waals surface area contributed by atoms with Crippen LogP contribution in [0.25, 0.3) is 0 Å². The van der Waals surface area contributed by atoms with Crippen molar-refractivity contribution in [2.75, 3.05) is 32.8 Å². The predicted octanol–water partition coefficient (Wildman–Crippen LogP) is 4.53. The van der Waals surface area contributed by atoms with E-state index in [-0.39, 0.29) is 54.3 Å². The van der Waals surface area contributed by atoms with Gasteiger partial charge in [-0.25, -0.2) is 27.3 Å². The van der Waals surface area contributed by atoms with E-state index in [0.717, 1.165) is 6.07 Å². The minimum absolute atomic E-state index is 0.0195. The zero-order valence-electron chi connectivity index (χ0n) is 24.9. The molecule has 238 valence electrons. The minimum Gasteiger partial charge on any atom is -0.481 e. The number of carboxylic acids is 1. The molecule has 2 aromatic rings. The maximum Gasteiger partial charge on any atom is 0.338 e. The topological polar surface area (TPSA) is 107 Å². The number of amidine groups is 1. The van der Waals surface area contributed by atoms with Gasteiger partial charge in [-0.3, -0.25) is 19.6 Å². The third kappa shape index (κ3) is 5.98. The number of aliphatic imine (C=N–C) groups is 1. The summed E-state index contributed by atoms with van der Waals surface area (Å²) in [5.41, 5.74) is -0.581. The Morgan fingerprint density at radius 3 is 2.66 bits per heavy atom. The molecule has 1 unspecified atom stereocenters. The molecule has 0 spiro atoms. The fraction of sp³-hybridized carbons (Fsp3) is 0.533. The van der Waals surface area contributed by atoms with Crippen molar-refractivity contribution in [3.63, 3.8) is 0 Å². The number of benzene rings is 1. The summed E-state index contributed by atoms with van der Waals surface area (Å²) in [4.78, 5) is 37.4. The first kappa shape index (κ1) is 32.0. The number of nitrogens with zero attached hydrogens (tertiary/aromatic N) is 4. The van der Waals surface area contributed by atoms with Crippen LogP contribution in [0.15, 0.2) is 40.0 Å². The average Bonchev–Trinajstić information content (AvgIpc) is 3.70. The monoisotopic (exact) mass is 637 g/mol. The van der Waals surface area contributed by atoms with E-state index in [1.54, 1.807) is 42.1 Å². The molecule has 3 aliphatic heterocycles. The van der Waals surface area contributed by atoms with Crippen LogP contribution >= 0.6 is 11.3 Å². The number of carboxylic acid groups (broad SMARTS) is 1. The molecule has 1 aromatic heterocycles. The summed E-state index contributed by atoms with van der Waals surface area (Å²) in [6, 6.07) is -0.487. The molecule has 0 radical (unpaired) electrons. The van der Waals surface area contributed by atoms with E-state index >= 15 is 8.78 Å². The minimum atomic E-state index is -3.10. The molecule has 2 fully saturated rings. The lowest BCUT2D eigenvalue weighted by molar-refractivity contribution is -0.147. The van der Waals surface area contributed by atoms with Crippen molar-refractivity contribution in [3.05, 3.63) is 62.7 Å². The number of thiazole rings is 1. The van der Waals surface area contributed by atoms with Crippen LogP contribution in [0, 0.1) is 24.0 Å². The van der Waals surface area contributed by atoms with Gasteiger partial charge < -0.3 is 15.2 Å². The highest BCUT2D eigenvalue weighted by Gasteiger charge is 2.59. The fourth-order valence-electron chi connectivity index (χ4n) is 6.21. The van der Waals surface area contributed by atoms with Crippen molar-refractivity contribution in [2.45, 2.75) is 64.6 Å². The summed E-state index contributed by atoms with van der Waals surface area (Å²) in [6.07, 6.45) is 2.20. The molecule has 0 bridgehead atoms. The summed E-state index contributed by atoms with van der Waals surface area (Å²) in [6.45, 7) is 6.09. The number of carbonyl (C=O) groups excluding carboxylic acids is 1. The molecule has 44 heavy (non-hydrogen) atoms. The number of hydrogen-bond donors (Lipinski definition) is 2. The summed E-state index contributed by atoms with van der Waals surface area (Å²) in [5.74, 6) is -6.69. The van der Waals surface area contributed by atoms with Gasteiger partial charge in [-0.15, -0.1) is 11.3 Å².